The molecule has 0 saturated heterocycles. The van der Waals surface area contributed by atoms with Crippen molar-refractivity contribution >= 4 is 11.6 Å². The van der Waals surface area contributed by atoms with Gasteiger partial charge in [0, 0.05) is 25.2 Å². The molecule has 4 nitrogen and oxygen atoms in total. The van der Waals surface area contributed by atoms with Crippen LogP contribution in [0.1, 0.15) is 35.3 Å². The Morgan fingerprint density at radius 3 is 2.38 bits per heavy atom. The average Bonchev–Trinajstić information content (AvgIpc) is 2.62. The minimum atomic E-state index is -0.288. The number of nitriles is 1. The summed E-state index contributed by atoms with van der Waals surface area (Å²) in [4.78, 5) is 14.0. The van der Waals surface area contributed by atoms with Crippen molar-refractivity contribution in [1.82, 2.24) is 5.32 Å². The fraction of sp³-hybridized carbons (Fsp3) is 0.263. The van der Waals surface area contributed by atoms with E-state index in [0.717, 1.165) is 13.1 Å². The van der Waals surface area contributed by atoms with Gasteiger partial charge in [0.1, 0.15) is 5.82 Å². The van der Waals surface area contributed by atoms with Crippen LogP contribution in [-0.2, 0) is 6.54 Å². The largest absolute Gasteiger partial charge is 0.370 e. The number of hydrogen-bond donors (Lipinski definition) is 1. The Hall–Kier alpha value is -2.87. The van der Waals surface area contributed by atoms with Crippen molar-refractivity contribution in [2.75, 3.05) is 18.0 Å². The molecular weight excluding hydrogens is 305 g/mol. The molecule has 0 aliphatic heterocycles. The maximum absolute atomic E-state index is 14.2. The van der Waals surface area contributed by atoms with Crippen LogP contribution < -0.4 is 10.2 Å². The van der Waals surface area contributed by atoms with Crippen LogP contribution in [0.2, 0.25) is 0 Å². The third-order valence-corrected chi connectivity index (χ3v) is 3.85. The number of hydrogen-bond acceptors (Lipinski definition) is 3. The Morgan fingerprint density at radius 2 is 1.83 bits per heavy atom. The standard InChI is InChI=1S/C19H20FN3O/c1-3-23(4-2)18-10-7-15(11-17(18)20)13-22-19(24)16-8-5-14(12-21)6-9-16/h5-11H,3-4,13H2,1-2H3,(H,22,24). The van der Waals surface area contributed by atoms with Crippen molar-refractivity contribution in [2.24, 2.45) is 0 Å². The molecule has 0 saturated carbocycles. The maximum Gasteiger partial charge on any atom is 0.251 e. The molecule has 124 valence electrons. The van der Waals surface area contributed by atoms with Gasteiger partial charge < -0.3 is 10.2 Å². The lowest BCUT2D eigenvalue weighted by atomic mass is 10.1. The van der Waals surface area contributed by atoms with Crippen LogP contribution in [0.4, 0.5) is 10.1 Å². The van der Waals surface area contributed by atoms with E-state index >= 15 is 0 Å². The predicted octanol–water partition coefficient (Wildman–Crippen LogP) is 3.47. The molecule has 0 radical (unpaired) electrons. The van der Waals surface area contributed by atoms with Crippen molar-refractivity contribution in [3.63, 3.8) is 0 Å². The highest BCUT2D eigenvalue weighted by atomic mass is 19.1. The molecule has 0 spiro atoms. The third-order valence-electron chi connectivity index (χ3n) is 3.85. The van der Waals surface area contributed by atoms with Gasteiger partial charge in [-0.1, -0.05) is 6.07 Å². The van der Waals surface area contributed by atoms with Gasteiger partial charge in [0.05, 0.1) is 17.3 Å². The van der Waals surface area contributed by atoms with Gasteiger partial charge in [0.2, 0.25) is 0 Å². The first-order valence-electron chi connectivity index (χ1n) is 7.90. The number of benzene rings is 2. The van der Waals surface area contributed by atoms with E-state index in [9.17, 15) is 9.18 Å². The number of anilines is 1. The molecule has 0 heterocycles. The zero-order valence-corrected chi connectivity index (χ0v) is 13.8. The van der Waals surface area contributed by atoms with E-state index in [1.807, 2.05) is 30.9 Å². The summed E-state index contributed by atoms with van der Waals surface area (Å²) >= 11 is 0. The number of nitrogens with zero attached hydrogens (tertiary/aromatic N) is 2. The summed E-state index contributed by atoms with van der Waals surface area (Å²) in [5.41, 5.74) is 2.24. The molecule has 2 aromatic rings. The second kappa shape index (κ2) is 8.11. The van der Waals surface area contributed by atoms with Crippen LogP contribution in [0, 0.1) is 17.1 Å². The Labute approximate surface area is 141 Å². The summed E-state index contributed by atoms with van der Waals surface area (Å²) in [6, 6.07) is 13.4. The monoisotopic (exact) mass is 325 g/mol. The van der Waals surface area contributed by atoms with Gasteiger partial charge in [0.25, 0.3) is 5.91 Å². The molecule has 2 aromatic carbocycles. The first kappa shape index (κ1) is 17.5. The summed E-state index contributed by atoms with van der Waals surface area (Å²) < 4.78 is 14.2. The van der Waals surface area contributed by atoms with Gasteiger partial charge in [-0.05, 0) is 55.8 Å². The average molecular weight is 325 g/mol. The van der Waals surface area contributed by atoms with Crippen molar-refractivity contribution in [3.8, 4) is 6.07 Å². The summed E-state index contributed by atoms with van der Waals surface area (Å²) in [6.45, 7) is 5.68. The van der Waals surface area contributed by atoms with Crippen LogP contribution in [0.15, 0.2) is 42.5 Å². The van der Waals surface area contributed by atoms with Gasteiger partial charge in [-0.2, -0.15) is 5.26 Å². The number of halogens is 1. The van der Waals surface area contributed by atoms with Crippen LogP contribution >= 0.6 is 0 Å². The van der Waals surface area contributed by atoms with Crippen molar-refractivity contribution in [2.45, 2.75) is 20.4 Å². The van der Waals surface area contributed by atoms with Crippen LogP contribution in [0.5, 0.6) is 0 Å². The van der Waals surface area contributed by atoms with Gasteiger partial charge in [-0.3, -0.25) is 4.79 Å². The number of amides is 1. The van der Waals surface area contributed by atoms with E-state index in [2.05, 4.69) is 5.32 Å². The van der Waals surface area contributed by atoms with Crippen LogP contribution in [-0.4, -0.2) is 19.0 Å². The quantitative estimate of drug-likeness (QED) is 0.885. The van der Waals surface area contributed by atoms with E-state index in [1.165, 1.54) is 6.07 Å². The Bertz CT molecular complexity index is 746. The SMILES string of the molecule is CCN(CC)c1ccc(CNC(=O)c2ccc(C#N)cc2)cc1F. The molecule has 0 fully saturated rings. The van der Waals surface area contributed by atoms with Crippen LogP contribution in [0.3, 0.4) is 0 Å². The van der Waals surface area contributed by atoms with Gasteiger partial charge in [-0.25, -0.2) is 4.39 Å². The summed E-state index contributed by atoms with van der Waals surface area (Å²) in [7, 11) is 0. The van der Waals surface area contributed by atoms with E-state index in [1.54, 1.807) is 30.3 Å². The lowest BCUT2D eigenvalue weighted by molar-refractivity contribution is 0.0951. The smallest absolute Gasteiger partial charge is 0.251 e. The normalized spacial score (nSPS) is 10.1. The molecule has 0 aromatic heterocycles. The first-order chi connectivity index (χ1) is 11.6. The highest BCUT2D eigenvalue weighted by Crippen LogP contribution is 2.20. The number of carbonyl (C=O) groups excluding carboxylic acids is 1. The van der Waals surface area contributed by atoms with Crippen molar-refractivity contribution in [1.29, 1.82) is 5.26 Å². The topological polar surface area (TPSA) is 56.1 Å². The molecule has 2 rings (SSSR count). The Morgan fingerprint density at radius 1 is 1.17 bits per heavy atom. The van der Waals surface area contributed by atoms with E-state index < -0.39 is 0 Å². The van der Waals surface area contributed by atoms with E-state index in [4.69, 9.17) is 5.26 Å². The highest BCUT2D eigenvalue weighted by molar-refractivity contribution is 5.94. The molecule has 5 heteroatoms. The maximum atomic E-state index is 14.2. The highest BCUT2D eigenvalue weighted by Gasteiger charge is 2.10. The lowest BCUT2D eigenvalue weighted by Gasteiger charge is -2.22. The molecule has 0 aliphatic carbocycles. The number of carbonyl (C=O) groups is 1. The first-order valence-corrected chi connectivity index (χ1v) is 7.90. The Kier molecular flexibility index (Phi) is 5.91. The molecule has 0 atom stereocenters. The molecule has 1 N–H and O–H groups in total. The van der Waals surface area contributed by atoms with Gasteiger partial charge in [-0.15, -0.1) is 0 Å². The molecule has 1 amide bonds. The Balaban J connectivity index is 2.02. The second-order valence-corrected chi connectivity index (χ2v) is 5.33. The zero-order chi connectivity index (χ0) is 17.5. The van der Waals surface area contributed by atoms with Crippen molar-refractivity contribution < 1.29 is 9.18 Å². The minimum absolute atomic E-state index is 0.244. The summed E-state index contributed by atoms with van der Waals surface area (Å²) in [5, 5.41) is 11.5. The molecule has 24 heavy (non-hydrogen) atoms. The summed E-state index contributed by atoms with van der Waals surface area (Å²) in [6.07, 6.45) is 0. The molecule has 0 unspecified atom stereocenters. The zero-order valence-electron chi connectivity index (χ0n) is 13.8. The number of rotatable bonds is 6. The third kappa shape index (κ3) is 4.11. The van der Waals surface area contributed by atoms with Crippen LogP contribution in [0.25, 0.3) is 0 Å². The molecular formula is C19H20FN3O. The van der Waals surface area contributed by atoms with Gasteiger partial charge in [0.15, 0.2) is 0 Å². The second-order valence-electron chi connectivity index (χ2n) is 5.33. The number of nitrogens with one attached hydrogen (secondary N) is 1. The van der Waals surface area contributed by atoms with E-state index in [0.29, 0.717) is 22.4 Å². The summed E-state index contributed by atoms with van der Waals surface area (Å²) in [5.74, 6) is -0.545. The van der Waals surface area contributed by atoms with E-state index in [-0.39, 0.29) is 18.3 Å². The molecule has 0 aliphatic rings. The lowest BCUT2D eigenvalue weighted by Crippen LogP contribution is -2.24. The fourth-order valence-corrected chi connectivity index (χ4v) is 2.46. The molecule has 0 bridgehead atoms. The predicted molar refractivity (Wildman–Crippen MR) is 92.3 cm³/mol. The minimum Gasteiger partial charge on any atom is -0.370 e. The van der Waals surface area contributed by atoms with Crippen molar-refractivity contribution in [3.05, 3.63) is 65.0 Å². The van der Waals surface area contributed by atoms with Gasteiger partial charge >= 0.3 is 0 Å². The fourth-order valence-electron chi connectivity index (χ4n) is 2.46.